The van der Waals surface area contributed by atoms with E-state index in [0.29, 0.717) is 24.6 Å². The van der Waals surface area contributed by atoms with E-state index in [9.17, 15) is 4.79 Å². The van der Waals surface area contributed by atoms with E-state index in [1.807, 2.05) is 31.2 Å². The monoisotopic (exact) mass is 368 g/mol. The van der Waals surface area contributed by atoms with Gasteiger partial charge in [0.2, 0.25) is 5.91 Å². The van der Waals surface area contributed by atoms with Gasteiger partial charge in [-0.05, 0) is 25.5 Å². The molecule has 0 atom stereocenters. The molecule has 0 unspecified atom stereocenters. The van der Waals surface area contributed by atoms with Crippen molar-refractivity contribution in [2.75, 3.05) is 19.0 Å². The molecule has 0 aliphatic rings. The fourth-order valence-corrected chi connectivity index (χ4v) is 3.00. The molecule has 1 aromatic heterocycles. The van der Waals surface area contributed by atoms with E-state index >= 15 is 0 Å². The molecule has 4 nitrogen and oxygen atoms in total. The fraction of sp³-hybridized carbons (Fsp3) is 0.333. The number of aryl methyl sites for hydroxylation is 1. The molecule has 6 heteroatoms. The van der Waals surface area contributed by atoms with Crippen LogP contribution in [0, 0.1) is 6.92 Å². The number of ether oxygens (including phenoxy) is 1. The van der Waals surface area contributed by atoms with Gasteiger partial charge in [0, 0.05) is 35.1 Å². The highest BCUT2D eigenvalue weighted by molar-refractivity contribution is 9.10. The number of anilines is 1. The Labute approximate surface area is 136 Å². The number of nitrogens with one attached hydrogen (secondary N) is 1. The van der Waals surface area contributed by atoms with E-state index in [-0.39, 0.29) is 5.91 Å². The summed E-state index contributed by atoms with van der Waals surface area (Å²) in [6.45, 7) is 2.60. The summed E-state index contributed by atoms with van der Waals surface area (Å²) in [5, 5.41) is 3.49. The Morgan fingerprint density at radius 2 is 2.10 bits per heavy atom. The van der Waals surface area contributed by atoms with Crippen LogP contribution in [-0.2, 0) is 9.53 Å². The first-order valence-corrected chi connectivity index (χ1v) is 8.23. The van der Waals surface area contributed by atoms with Crippen molar-refractivity contribution >= 4 is 38.3 Å². The van der Waals surface area contributed by atoms with Gasteiger partial charge in [-0.2, -0.15) is 0 Å². The molecule has 112 valence electrons. The van der Waals surface area contributed by atoms with Gasteiger partial charge in [0.15, 0.2) is 5.13 Å². The summed E-state index contributed by atoms with van der Waals surface area (Å²) in [6, 6.07) is 7.99. The van der Waals surface area contributed by atoms with E-state index < -0.39 is 0 Å². The Morgan fingerprint density at radius 3 is 2.76 bits per heavy atom. The lowest BCUT2D eigenvalue weighted by atomic mass is 10.1. The van der Waals surface area contributed by atoms with Gasteiger partial charge in [-0.1, -0.05) is 28.1 Å². The number of rotatable bonds is 6. The second-order valence-electron chi connectivity index (χ2n) is 4.58. The zero-order chi connectivity index (χ0) is 15.2. The number of carbonyl (C=O) groups excluding carboxylic acids is 1. The summed E-state index contributed by atoms with van der Waals surface area (Å²) in [4.78, 5) is 17.4. The first-order valence-electron chi connectivity index (χ1n) is 6.62. The third-order valence-corrected chi connectivity index (χ3v) is 4.33. The summed E-state index contributed by atoms with van der Waals surface area (Å²) in [5.41, 5.74) is 1.96. The molecule has 2 aromatic rings. The van der Waals surface area contributed by atoms with E-state index in [4.69, 9.17) is 4.74 Å². The molecular weight excluding hydrogens is 352 g/mol. The number of halogens is 1. The number of thiazole rings is 1. The molecule has 0 aliphatic heterocycles. The maximum absolute atomic E-state index is 11.8. The smallest absolute Gasteiger partial charge is 0.226 e. The molecule has 0 spiro atoms. The van der Waals surface area contributed by atoms with Gasteiger partial charge in [0.1, 0.15) is 0 Å². The highest BCUT2D eigenvalue weighted by Gasteiger charge is 2.11. The third-order valence-electron chi connectivity index (χ3n) is 2.91. The molecule has 1 amide bonds. The molecule has 0 radical (unpaired) electrons. The highest BCUT2D eigenvalue weighted by Crippen LogP contribution is 2.31. The summed E-state index contributed by atoms with van der Waals surface area (Å²) < 4.78 is 5.97. The number of aromatic nitrogens is 1. The molecule has 21 heavy (non-hydrogen) atoms. The van der Waals surface area contributed by atoms with Crippen molar-refractivity contribution in [1.82, 2.24) is 4.98 Å². The number of amides is 1. The number of nitrogens with zero attached hydrogens (tertiary/aromatic N) is 1. The summed E-state index contributed by atoms with van der Waals surface area (Å²) >= 11 is 4.91. The van der Waals surface area contributed by atoms with Crippen molar-refractivity contribution < 1.29 is 9.53 Å². The van der Waals surface area contributed by atoms with Gasteiger partial charge in [-0.3, -0.25) is 4.79 Å². The Morgan fingerprint density at radius 1 is 1.38 bits per heavy atom. The van der Waals surface area contributed by atoms with Crippen LogP contribution in [0.4, 0.5) is 5.13 Å². The van der Waals surface area contributed by atoms with Gasteiger partial charge < -0.3 is 10.1 Å². The van der Waals surface area contributed by atoms with Crippen LogP contribution in [0.25, 0.3) is 11.3 Å². The lowest BCUT2D eigenvalue weighted by Gasteiger charge is -2.01. The Balaban J connectivity index is 2.05. The third kappa shape index (κ3) is 4.62. The van der Waals surface area contributed by atoms with Gasteiger partial charge in [-0.15, -0.1) is 11.3 Å². The Kier molecular flexibility index (Phi) is 5.90. The van der Waals surface area contributed by atoms with Crippen molar-refractivity contribution in [2.45, 2.75) is 19.8 Å². The molecule has 1 aromatic carbocycles. The van der Waals surface area contributed by atoms with E-state index in [1.54, 1.807) is 7.11 Å². The standard InChI is InChI=1S/C15H17BrN2O2S/c1-10-14(11-5-7-12(16)8-6-11)18-15(21-10)17-13(19)4-3-9-20-2/h5-8H,3-4,9H2,1-2H3,(H,17,18,19). The number of benzene rings is 1. The zero-order valence-corrected chi connectivity index (χ0v) is 14.4. The van der Waals surface area contributed by atoms with Crippen LogP contribution >= 0.6 is 27.3 Å². The van der Waals surface area contributed by atoms with Crippen LogP contribution in [0.15, 0.2) is 28.7 Å². The van der Waals surface area contributed by atoms with Crippen molar-refractivity contribution in [3.05, 3.63) is 33.6 Å². The zero-order valence-electron chi connectivity index (χ0n) is 12.0. The minimum absolute atomic E-state index is 0.0249. The molecule has 0 fully saturated rings. The topological polar surface area (TPSA) is 51.2 Å². The molecule has 1 N–H and O–H groups in total. The van der Waals surface area contributed by atoms with Crippen molar-refractivity contribution in [1.29, 1.82) is 0 Å². The predicted octanol–water partition coefficient (Wildman–Crippen LogP) is 4.25. The minimum Gasteiger partial charge on any atom is -0.385 e. The summed E-state index contributed by atoms with van der Waals surface area (Å²) in [6.07, 6.45) is 1.16. The lowest BCUT2D eigenvalue weighted by Crippen LogP contribution is -2.11. The molecule has 0 saturated carbocycles. The van der Waals surface area contributed by atoms with Crippen LogP contribution in [0.2, 0.25) is 0 Å². The second kappa shape index (κ2) is 7.68. The number of hydrogen-bond donors (Lipinski definition) is 1. The van der Waals surface area contributed by atoms with Crippen LogP contribution in [0.5, 0.6) is 0 Å². The quantitative estimate of drug-likeness (QED) is 0.775. The predicted molar refractivity (Wildman–Crippen MR) is 89.7 cm³/mol. The van der Waals surface area contributed by atoms with Crippen molar-refractivity contribution in [3.8, 4) is 11.3 Å². The van der Waals surface area contributed by atoms with Gasteiger partial charge in [-0.25, -0.2) is 4.98 Å². The maximum atomic E-state index is 11.8. The molecule has 2 rings (SSSR count). The molecule has 1 heterocycles. The maximum Gasteiger partial charge on any atom is 0.226 e. The largest absolute Gasteiger partial charge is 0.385 e. The van der Waals surface area contributed by atoms with E-state index in [2.05, 4.69) is 26.2 Å². The van der Waals surface area contributed by atoms with Gasteiger partial charge in [0.25, 0.3) is 0 Å². The first kappa shape index (κ1) is 16.1. The van der Waals surface area contributed by atoms with Gasteiger partial charge in [0.05, 0.1) is 5.69 Å². The summed E-state index contributed by atoms with van der Waals surface area (Å²) in [5.74, 6) is -0.0249. The lowest BCUT2D eigenvalue weighted by molar-refractivity contribution is -0.116. The number of methoxy groups -OCH3 is 1. The average molecular weight is 369 g/mol. The number of hydrogen-bond acceptors (Lipinski definition) is 4. The van der Waals surface area contributed by atoms with Crippen LogP contribution in [0.3, 0.4) is 0 Å². The number of carbonyl (C=O) groups is 1. The molecule has 0 bridgehead atoms. The van der Waals surface area contributed by atoms with Crippen LogP contribution in [-0.4, -0.2) is 24.6 Å². The van der Waals surface area contributed by atoms with Crippen molar-refractivity contribution in [3.63, 3.8) is 0 Å². The van der Waals surface area contributed by atoms with E-state index in [1.165, 1.54) is 11.3 Å². The average Bonchev–Trinajstić information content (AvgIpc) is 2.80. The second-order valence-corrected chi connectivity index (χ2v) is 6.69. The Hall–Kier alpha value is -1.24. The molecule has 0 aliphatic carbocycles. The van der Waals surface area contributed by atoms with Crippen LogP contribution < -0.4 is 5.32 Å². The Bertz CT molecular complexity index is 611. The SMILES string of the molecule is COCCCC(=O)Nc1nc(-c2ccc(Br)cc2)c(C)s1. The minimum atomic E-state index is -0.0249. The van der Waals surface area contributed by atoms with Gasteiger partial charge >= 0.3 is 0 Å². The van der Waals surface area contributed by atoms with E-state index in [0.717, 1.165) is 20.6 Å². The summed E-state index contributed by atoms with van der Waals surface area (Å²) in [7, 11) is 1.63. The first-order chi connectivity index (χ1) is 10.1. The normalized spacial score (nSPS) is 10.6. The fourth-order valence-electron chi connectivity index (χ4n) is 1.88. The molecule has 0 saturated heterocycles. The van der Waals surface area contributed by atoms with Crippen LogP contribution in [0.1, 0.15) is 17.7 Å². The molecular formula is C15H17BrN2O2S. The highest BCUT2D eigenvalue weighted by atomic mass is 79.9. The van der Waals surface area contributed by atoms with Crippen molar-refractivity contribution in [2.24, 2.45) is 0 Å².